The van der Waals surface area contributed by atoms with Crippen LogP contribution in [0.1, 0.15) is 69.1 Å². The lowest BCUT2D eigenvalue weighted by Crippen LogP contribution is -2.22. The molecule has 2 aromatic carbocycles. The Bertz CT molecular complexity index is 2480. The Morgan fingerprint density at radius 1 is 1.06 bits per heavy atom. The van der Waals surface area contributed by atoms with Gasteiger partial charge in [0.25, 0.3) is 11.8 Å². The van der Waals surface area contributed by atoms with Crippen molar-refractivity contribution in [1.29, 1.82) is 0 Å². The lowest BCUT2D eigenvalue weighted by molar-refractivity contribution is 0.0776. The van der Waals surface area contributed by atoms with Crippen LogP contribution in [0.5, 0.6) is 5.75 Å². The van der Waals surface area contributed by atoms with Crippen molar-refractivity contribution in [3.63, 3.8) is 0 Å². The van der Waals surface area contributed by atoms with E-state index in [1.54, 1.807) is 18.2 Å². The number of thiophene rings is 1. The molecule has 1 aliphatic carbocycles. The molecule has 1 fully saturated rings. The predicted octanol–water partition coefficient (Wildman–Crippen LogP) is 7.42. The molecule has 6 aromatic rings. The number of rotatable bonds is 8. The molecule has 6 heterocycles. The number of nitrogens with zero attached hydrogens (tertiary/aromatic N) is 4. The number of amides is 1. The molecule has 9 rings (SSSR count). The number of halogens is 3. The van der Waals surface area contributed by atoms with E-state index < -0.39 is 23.8 Å². The van der Waals surface area contributed by atoms with E-state index >= 15 is 4.39 Å². The molecule has 3 atom stereocenters. The average Bonchev–Trinajstić information content (AvgIpc) is 3.96. The van der Waals surface area contributed by atoms with Gasteiger partial charge < -0.3 is 19.4 Å². The SMILES string of the molecule is COc1c(F)ccc2c1C[C@@H](F)[C@H]2Nc1nc(C)cc2cc(-c3c4c(nc(CCc5ccc(F)cc5)c3-c3n[nH]c(=O)o3)[C@@H]3CCCN3C4=O)sc12. The Labute approximate surface area is 298 Å². The fraction of sp³-hybridized carbons (Fsp3) is 0.289. The molecule has 52 heavy (non-hydrogen) atoms. The number of nitrogens with one attached hydrogen (secondary N) is 2. The molecule has 4 aromatic heterocycles. The summed E-state index contributed by atoms with van der Waals surface area (Å²) in [4.78, 5) is 39.0. The van der Waals surface area contributed by atoms with Gasteiger partial charge in [-0.1, -0.05) is 18.2 Å². The van der Waals surface area contributed by atoms with E-state index in [-0.39, 0.29) is 35.8 Å². The number of carbonyl (C=O) groups is 1. The second-order valence-corrected chi connectivity index (χ2v) is 14.5. The summed E-state index contributed by atoms with van der Waals surface area (Å²) in [6.45, 7) is 2.44. The second-order valence-electron chi connectivity index (χ2n) is 13.4. The van der Waals surface area contributed by atoms with Gasteiger partial charge in [0.15, 0.2) is 11.6 Å². The van der Waals surface area contributed by atoms with Crippen molar-refractivity contribution in [2.75, 3.05) is 19.0 Å². The minimum absolute atomic E-state index is 0.00149. The summed E-state index contributed by atoms with van der Waals surface area (Å²) in [5.74, 6) is -1.32. The third-order valence-electron chi connectivity index (χ3n) is 10.3. The molecule has 264 valence electrons. The standard InChI is InChI=1S/C38H31F3N6O4S/c1-17-14-19-15-27(52-34(19)35(42-17)44-31-21-10-11-23(40)33(50-2)22(21)16-24(31)41)29-28(36-45-46-38(49)51-36)25(12-7-18-5-8-20(39)9-6-18)43-32-26-4-3-13-47(26)37(48)30(29)32/h5-6,8-11,14-15,24,26,31H,3-4,7,12-13,16H2,1-2H3,(H,42,44)(H,46,49)/t24-,26+,31+/m1/s1. The number of fused-ring (bicyclic) bond motifs is 5. The Kier molecular flexibility index (Phi) is 7.68. The first kappa shape index (κ1) is 32.4. The van der Waals surface area contributed by atoms with Crippen molar-refractivity contribution in [3.05, 3.63) is 110 Å². The van der Waals surface area contributed by atoms with Gasteiger partial charge in [0.1, 0.15) is 17.8 Å². The van der Waals surface area contributed by atoms with E-state index in [4.69, 9.17) is 19.1 Å². The van der Waals surface area contributed by atoms with E-state index in [9.17, 15) is 18.4 Å². The molecule has 10 nitrogen and oxygen atoms in total. The number of aryl methyl sites for hydroxylation is 3. The number of hydrogen-bond acceptors (Lipinski definition) is 9. The molecule has 14 heteroatoms. The lowest BCUT2D eigenvalue weighted by Gasteiger charge is -2.18. The van der Waals surface area contributed by atoms with Crippen molar-refractivity contribution in [2.45, 2.75) is 57.3 Å². The summed E-state index contributed by atoms with van der Waals surface area (Å²) in [6, 6.07) is 12.0. The number of methoxy groups -OCH3 is 1. The topological polar surface area (TPSA) is 126 Å². The number of anilines is 1. The molecule has 0 spiro atoms. The summed E-state index contributed by atoms with van der Waals surface area (Å²) < 4.78 is 55.5. The van der Waals surface area contributed by atoms with Crippen LogP contribution in [0.25, 0.3) is 32.0 Å². The summed E-state index contributed by atoms with van der Waals surface area (Å²) in [7, 11) is 1.37. The highest BCUT2D eigenvalue weighted by molar-refractivity contribution is 7.23. The number of alkyl halides is 1. The highest BCUT2D eigenvalue weighted by atomic mass is 32.1. The molecule has 1 amide bonds. The lowest BCUT2D eigenvalue weighted by atomic mass is 9.93. The maximum absolute atomic E-state index is 15.7. The van der Waals surface area contributed by atoms with Crippen LogP contribution in [0, 0.1) is 18.6 Å². The fourth-order valence-electron chi connectivity index (χ4n) is 8.02. The van der Waals surface area contributed by atoms with Gasteiger partial charge in [-0.25, -0.2) is 28.0 Å². The first-order valence-electron chi connectivity index (χ1n) is 17.0. The first-order valence-corrected chi connectivity index (χ1v) is 17.9. The fourth-order valence-corrected chi connectivity index (χ4v) is 9.17. The average molecular weight is 725 g/mol. The number of carbonyl (C=O) groups excluding carboxylic acids is 1. The summed E-state index contributed by atoms with van der Waals surface area (Å²) >= 11 is 1.37. The number of H-pyrrole nitrogens is 1. The maximum atomic E-state index is 15.7. The van der Waals surface area contributed by atoms with Crippen molar-refractivity contribution in [2.24, 2.45) is 0 Å². The van der Waals surface area contributed by atoms with Crippen LogP contribution in [0.4, 0.5) is 19.0 Å². The minimum atomic E-state index is -1.37. The molecule has 1 saturated heterocycles. The monoisotopic (exact) mass is 724 g/mol. The molecule has 2 N–H and O–H groups in total. The molecule has 0 saturated carbocycles. The molecule has 0 unspecified atom stereocenters. The smallest absolute Gasteiger partial charge is 0.434 e. The predicted molar refractivity (Wildman–Crippen MR) is 188 cm³/mol. The van der Waals surface area contributed by atoms with Gasteiger partial charge in [0.2, 0.25) is 0 Å². The molecular weight excluding hydrogens is 694 g/mol. The molecule has 3 aliphatic rings. The van der Waals surface area contributed by atoms with Crippen LogP contribution in [-0.2, 0) is 19.3 Å². The minimum Gasteiger partial charge on any atom is -0.493 e. The normalized spacial score (nSPS) is 19.0. The van der Waals surface area contributed by atoms with Gasteiger partial charge in [0, 0.05) is 34.7 Å². The molecule has 0 radical (unpaired) electrons. The quantitative estimate of drug-likeness (QED) is 0.166. The van der Waals surface area contributed by atoms with Crippen LogP contribution in [-0.4, -0.2) is 50.8 Å². The summed E-state index contributed by atoms with van der Waals surface area (Å²) in [6.07, 6.45) is 1.14. The van der Waals surface area contributed by atoms with E-state index in [1.807, 2.05) is 24.0 Å². The summed E-state index contributed by atoms with van der Waals surface area (Å²) in [5.41, 5.74) is 5.30. The van der Waals surface area contributed by atoms with Crippen molar-refractivity contribution >= 4 is 33.1 Å². The number of aromatic nitrogens is 4. The summed E-state index contributed by atoms with van der Waals surface area (Å²) in [5, 5.41) is 10.7. The van der Waals surface area contributed by atoms with Crippen molar-refractivity contribution in [1.82, 2.24) is 25.1 Å². The number of ether oxygens (including phenoxy) is 1. The van der Waals surface area contributed by atoms with Crippen LogP contribution < -0.4 is 15.8 Å². The molecular formula is C38H31F3N6O4S. The zero-order valence-electron chi connectivity index (χ0n) is 28.1. The van der Waals surface area contributed by atoms with Crippen molar-refractivity contribution < 1.29 is 27.1 Å². The van der Waals surface area contributed by atoms with E-state index in [2.05, 4.69) is 15.5 Å². The number of hydrogen-bond donors (Lipinski definition) is 2. The van der Waals surface area contributed by atoms with Gasteiger partial charge in [-0.15, -0.1) is 16.4 Å². The highest BCUT2D eigenvalue weighted by Gasteiger charge is 2.45. The van der Waals surface area contributed by atoms with E-state index in [1.165, 1.54) is 36.6 Å². The molecule has 0 bridgehead atoms. The van der Waals surface area contributed by atoms with E-state index in [0.29, 0.717) is 79.7 Å². The van der Waals surface area contributed by atoms with Crippen LogP contribution in [0.2, 0.25) is 0 Å². The number of benzene rings is 2. The van der Waals surface area contributed by atoms with Gasteiger partial charge in [-0.2, -0.15) is 0 Å². The zero-order chi connectivity index (χ0) is 35.8. The maximum Gasteiger partial charge on any atom is 0.434 e. The third kappa shape index (κ3) is 5.18. The second kappa shape index (κ2) is 12.3. The molecule has 2 aliphatic heterocycles. The Morgan fingerprint density at radius 2 is 1.88 bits per heavy atom. The first-order chi connectivity index (χ1) is 25.2. The van der Waals surface area contributed by atoms with Crippen LogP contribution in [0.3, 0.4) is 0 Å². The van der Waals surface area contributed by atoms with Crippen molar-refractivity contribution in [3.8, 4) is 27.6 Å². The van der Waals surface area contributed by atoms with Gasteiger partial charge >= 0.3 is 5.76 Å². The van der Waals surface area contributed by atoms with Gasteiger partial charge in [-0.3, -0.25) is 9.78 Å². The Hall–Kier alpha value is -5.50. The Morgan fingerprint density at radius 3 is 2.65 bits per heavy atom. The highest BCUT2D eigenvalue weighted by Crippen LogP contribution is 2.51. The number of aromatic amines is 1. The Balaban J connectivity index is 1.22. The van der Waals surface area contributed by atoms with Gasteiger partial charge in [0.05, 0.1) is 46.4 Å². The number of pyridine rings is 2. The van der Waals surface area contributed by atoms with Gasteiger partial charge in [-0.05, 0) is 79.5 Å². The largest absolute Gasteiger partial charge is 0.493 e. The third-order valence-corrected chi connectivity index (χ3v) is 11.4. The van der Waals surface area contributed by atoms with Crippen LogP contribution >= 0.6 is 11.3 Å². The van der Waals surface area contributed by atoms with E-state index in [0.717, 1.165) is 23.8 Å². The zero-order valence-corrected chi connectivity index (χ0v) is 28.9. The van der Waals surface area contributed by atoms with Crippen LogP contribution in [0.15, 0.2) is 57.7 Å².